The molecule has 0 spiro atoms. The molecule has 0 saturated heterocycles. The molecule has 2 nitrogen and oxygen atoms in total. The topological polar surface area (TPSA) is 24.1 Å². The van der Waals surface area contributed by atoms with Crippen molar-refractivity contribution in [2.75, 3.05) is 6.61 Å². The molecule has 1 aromatic heterocycles. The fourth-order valence-electron chi connectivity index (χ4n) is 1.25. The Morgan fingerprint density at radius 1 is 1.58 bits per heavy atom. The number of aliphatic hydroxyl groups excluding tert-OH is 1. The Kier molecular flexibility index (Phi) is 3.69. The summed E-state index contributed by atoms with van der Waals surface area (Å²) in [5.74, 6) is 0. The molecular weight excluding hydrogens is 170 g/mol. The van der Waals surface area contributed by atoms with Crippen molar-refractivity contribution >= 4 is 11.3 Å². The van der Waals surface area contributed by atoms with E-state index in [0.29, 0.717) is 0 Å². The SMILES string of the molecule is CCC[n+]1csc(CCO)c1C. The Morgan fingerprint density at radius 2 is 2.33 bits per heavy atom. The lowest BCUT2D eigenvalue weighted by Gasteiger charge is -1.92. The number of hydrogen-bond acceptors (Lipinski definition) is 2. The van der Waals surface area contributed by atoms with Crippen molar-refractivity contribution < 1.29 is 9.67 Å². The molecule has 0 aromatic carbocycles. The van der Waals surface area contributed by atoms with Crippen molar-refractivity contribution in [2.45, 2.75) is 33.2 Å². The molecule has 68 valence electrons. The monoisotopic (exact) mass is 186 g/mol. The average molecular weight is 186 g/mol. The lowest BCUT2D eigenvalue weighted by molar-refractivity contribution is -0.698. The standard InChI is InChI=1S/C9H16NOS/c1-3-5-10-7-12-9(4-6-11)8(10)2/h7,11H,3-6H2,1-2H3/q+1. The van der Waals surface area contributed by atoms with E-state index in [0.717, 1.165) is 13.0 Å². The van der Waals surface area contributed by atoms with E-state index in [1.807, 2.05) is 0 Å². The maximum atomic E-state index is 8.78. The maximum absolute atomic E-state index is 8.78. The van der Waals surface area contributed by atoms with Crippen LogP contribution in [-0.2, 0) is 13.0 Å². The van der Waals surface area contributed by atoms with E-state index in [9.17, 15) is 0 Å². The molecule has 0 fully saturated rings. The summed E-state index contributed by atoms with van der Waals surface area (Å²) in [5.41, 5.74) is 3.46. The van der Waals surface area contributed by atoms with Crippen LogP contribution in [0.5, 0.6) is 0 Å². The van der Waals surface area contributed by atoms with Gasteiger partial charge in [-0.25, -0.2) is 0 Å². The first-order valence-corrected chi connectivity index (χ1v) is 5.24. The van der Waals surface area contributed by atoms with E-state index in [-0.39, 0.29) is 6.61 Å². The Labute approximate surface area is 77.5 Å². The van der Waals surface area contributed by atoms with Crippen molar-refractivity contribution in [2.24, 2.45) is 0 Å². The van der Waals surface area contributed by atoms with Crippen molar-refractivity contribution in [3.8, 4) is 0 Å². The Hall–Kier alpha value is -0.410. The summed E-state index contributed by atoms with van der Waals surface area (Å²) in [6.07, 6.45) is 1.97. The van der Waals surface area contributed by atoms with Gasteiger partial charge in [-0.05, 0) is 0 Å². The zero-order valence-electron chi connectivity index (χ0n) is 7.71. The van der Waals surface area contributed by atoms with E-state index in [4.69, 9.17) is 5.11 Å². The summed E-state index contributed by atoms with van der Waals surface area (Å²) >= 11 is 1.74. The molecule has 0 radical (unpaired) electrons. The van der Waals surface area contributed by atoms with Crippen LogP contribution in [-0.4, -0.2) is 11.7 Å². The molecule has 0 aliphatic heterocycles. The van der Waals surface area contributed by atoms with Crippen LogP contribution in [0.1, 0.15) is 23.9 Å². The first-order chi connectivity index (χ1) is 5.79. The van der Waals surface area contributed by atoms with Crippen LogP contribution < -0.4 is 4.57 Å². The number of hydrogen-bond donors (Lipinski definition) is 1. The van der Waals surface area contributed by atoms with Crippen LogP contribution in [0, 0.1) is 6.92 Å². The Balaban J connectivity index is 2.74. The first-order valence-electron chi connectivity index (χ1n) is 4.36. The normalized spacial score (nSPS) is 10.6. The molecule has 3 heteroatoms. The molecule has 0 aliphatic rings. The second kappa shape index (κ2) is 4.58. The van der Waals surface area contributed by atoms with Crippen molar-refractivity contribution in [1.82, 2.24) is 0 Å². The van der Waals surface area contributed by atoms with Crippen molar-refractivity contribution in [1.29, 1.82) is 0 Å². The highest BCUT2D eigenvalue weighted by atomic mass is 32.1. The lowest BCUT2D eigenvalue weighted by atomic mass is 10.3. The van der Waals surface area contributed by atoms with Crippen LogP contribution >= 0.6 is 11.3 Å². The zero-order chi connectivity index (χ0) is 8.97. The van der Waals surface area contributed by atoms with Crippen LogP contribution in [0.15, 0.2) is 5.51 Å². The highest BCUT2D eigenvalue weighted by molar-refractivity contribution is 7.09. The predicted molar refractivity (Wildman–Crippen MR) is 50.3 cm³/mol. The minimum absolute atomic E-state index is 0.257. The van der Waals surface area contributed by atoms with Crippen molar-refractivity contribution in [3.05, 3.63) is 16.1 Å². The van der Waals surface area contributed by atoms with Gasteiger partial charge in [0.1, 0.15) is 6.54 Å². The largest absolute Gasteiger partial charge is 0.396 e. The number of aromatic nitrogens is 1. The number of aliphatic hydroxyl groups is 1. The fraction of sp³-hybridized carbons (Fsp3) is 0.667. The van der Waals surface area contributed by atoms with E-state index in [1.165, 1.54) is 17.0 Å². The minimum atomic E-state index is 0.257. The highest BCUT2D eigenvalue weighted by Crippen LogP contribution is 2.10. The quantitative estimate of drug-likeness (QED) is 0.704. The van der Waals surface area contributed by atoms with Gasteiger partial charge < -0.3 is 5.11 Å². The number of rotatable bonds is 4. The van der Waals surface area contributed by atoms with Gasteiger partial charge >= 0.3 is 0 Å². The average Bonchev–Trinajstić information content (AvgIpc) is 2.38. The molecule has 0 unspecified atom stereocenters. The van der Waals surface area contributed by atoms with Gasteiger partial charge in [-0.2, -0.15) is 4.57 Å². The fourth-order valence-corrected chi connectivity index (χ4v) is 2.27. The van der Waals surface area contributed by atoms with E-state index in [2.05, 4.69) is 23.9 Å². The van der Waals surface area contributed by atoms with Gasteiger partial charge in [0.2, 0.25) is 5.51 Å². The highest BCUT2D eigenvalue weighted by Gasteiger charge is 2.12. The third kappa shape index (κ3) is 2.05. The molecule has 1 aromatic rings. The minimum Gasteiger partial charge on any atom is -0.396 e. The summed E-state index contributed by atoms with van der Waals surface area (Å²) in [6, 6.07) is 0. The molecule has 0 aliphatic carbocycles. The van der Waals surface area contributed by atoms with Gasteiger partial charge in [-0.1, -0.05) is 18.3 Å². The summed E-state index contributed by atoms with van der Waals surface area (Å²) in [4.78, 5) is 1.31. The van der Waals surface area contributed by atoms with Crippen LogP contribution in [0.25, 0.3) is 0 Å². The molecule has 0 amide bonds. The maximum Gasteiger partial charge on any atom is 0.225 e. The summed E-state index contributed by atoms with van der Waals surface area (Å²) in [7, 11) is 0. The van der Waals surface area contributed by atoms with Gasteiger partial charge in [0, 0.05) is 26.4 Å². The molecule has 1 N–H and O–H groups in total. The van der Waals surface area contributed by atoms with Crippen LogP contribution in [0.3, 0.4) is 0 Å². The number of aryl methyl sites for hydroxylation is 1. The van der Waals surface area contributed by atoms with Gasteiger partial charge in [0.05, 0.1) is 4.88 Å². The van der Waals surface area contributed by atoms with E-state index < -0.39 is 0 Å². The summed E-state index contributed by atoms with van der Waals surface area (Å²) in [5, 5.41) is 8.78. The smallest absolute Gasteiger partial charge is 0.225 e. The molecule has 0 saturated carbocycles. The number of thiazole rings is 1. The molecule has 0 bridgehead atoms. The van der Waals surface area contributed by atoms with Gasteiger partial charge in [0.25, 0.3) is 0 Å². The zero-order valence-corrected chi connectivity index (χ0v) is 8.52. The van der Waals surface area contributed by atoms with Crippen molar-refractivity contribution in [3.63, 3.8) is 0 Å². The second-order valence-corrected chi connectivity index (χ2v) is 3.84. The molecular formula is C9H16NOS+. The van der Waals surface area contributed by atoms with E-state index in [1.54, 1.807) is 11.3 Å². The lowest BCUT2D eigenvalue weighted by Crippen LogP contribution is -2.34. The second-order valence-electron chi connectivity index (χ2n) is 2.90. The molecule has 12 heavy (non-hydrogen) atoms. The summed E-state index contributed by atoms with van der Waals surface area (Å²) in [6.45, 7) is 5.65. The Morgan fingerprint density at radius 3 is 2.92 bits per heavy atom. The summed E-state index contributed by atoms with van der Waals surface area (Å²) < 4.78 is 2.26. The van der Waals surface area contributed by atoms with Crippen LogP contribution in [0.2, 0.25) is 0 Å². The van der Waals surface area contributed by atoms with E-state index >= 15 is 0 Å². The van der Waals surface area contributed by atoms with Crippen LogP contribution in [0.4, 0.5) is 0 Å². The predicted octanol–water partition coefficient (Wildman–Crippen LogP) is 1.29. The van der Waals surface area contributed by atoms with Gasteiger partial charge in [-0.3, -0.25) is 0 Å². The van der Waals surface area contributed by atoms with Gasteiger partial charge in [-0.15, -0.1) is 0 Å². The Bertz CT molecular complexity index is 221. The number of nitrogens with zero attached hydrogens (tertiary/aromatic N) is 1. The molecule has 0 atom stereocenters. The molecule has 1 heterocycles. The van der Waals surface area contributed by atoms with Gasteiger partial charge in [0.15, 0.2) is 5.69 Å². The third-order valence-corrected chi connectivity index (χ3v) is 3.10. The molecule has 1 rings (SSSR count). The third-order valence-electron chi connectivity index (χ3n) is 1.96. The first kappa shape index (κ1) is 9.68.